The molecule has 0 unspecified atom stereocenters. The number of carbonyl (C=O) groups is 1. The molecule has 0 saturated heterocycles. The minimum Gasteiger partial charge on any atom is -0.294 e. The van der Waals surface area contributed by atoms with Crippen LogP contribution >= 0.6 is 11.6 Å². The number of benzene rings is 1. The highest BCUT2D eigenvalue weighted by Gasteiger charge is 2.17. The number of hydrogen-bond acceptors (Lipinski definition) is 3. The molecule has 1 aromatic heterocycles. The summed E-state index contributed by atoms with van der Waals surface area (Å²) in [5.41, 5.74) is 2.95. The molecule has 20 heavy (non-hydrogen) atoms. The van der Waals surface area contributed by atoms with Crippen LogP contribution in [0.15, 0.2) is 59.9 Å². The fourth-order valence-corrected chi connectivity index (χ4v) is 2.29. The lowest BCUT2D eigenvalue weighted by Crippen LogP contribution is -2.12. The molecular formula is C16H11ClN2O. The standard InChI is InChI=1S/C16H11ClN2O/c17-14-6-7-18-10-13(14)16-9-12(20)8-15(19-16)11-4-2-1-3-5-11/h1-7,9-10H,8H2. The van der Waals surface area contributed by atoms with Crippen LogP contribution in [0.3, 0.4) is 0 Å². The van der Waals surface area contributed by atoms with Crippen molar-refractivity contribution in [2.45, 2.75) is 6.42 Å². The molecule has 4 heteroatoms. The van der Waals surface area contributed by atoms with E-state index in [1.54, 1.807) is 18.5 Å². The highest BCUT2D eigenvalue weighted by Crippen LogP contribution is 2.27. The van der Waals surface area contributed by atoms with Gasteiger partial charge in [-0.15, -0.1) is 0 Å². The number of pyridine rings is 1. The van der Waals surface area contributed by atoms with Crippen LogP contribution < -0.4 is 0 Å². The molecule has 0 radical (unpaired) electrons. The molecule has 0 fully saturated rings. The number of rotatable bonds is 2. The number of halogens is 1. The van der Waals surface area contributed by atoms with Crippen molar-refractivity contribution >= 4 is 28.8 Å². The van der Waals surface area contributed by atoms with E-state index in [4.69, 9.17) is 11.6 Å². The van der Waals surface area contributed by atoms with Crippen LogP contribution in [-0.2, 0) is 4.79 Å². The van der Waals surface area contributed by atoms with Crippen molar-refractivity contribution in [2.24, 2.45) is 4.99 Å². The topological polar surface area (TPSA) is 42.3 Å². The van der Waals surface area contributed by atoms with E-state index < -0.39 is 0 Å². The summed E-state index contributed by atoms with van der Waals surface area (Å²) in [5.74, 6) is 0.0220. The van der Waals surface area contributed by atoms with Crippen molar-refractivity contribution in [1.29, 1.82) is 0 Å². The van der Waals surface area contributed by atoms with Crippen LogP contribution in [-0.4, -0.2) is 16.5 Å². The third-order valence-corrected chi connectivity index (χ3v) is 3.38. The molecule has 2 heterocycles. The Morgan fingerprint density at radius 1 is 1.10 bits per heavy atom. The van der Waals surface area contributed by atoms with Gasteiger partial charge >= 0.3 is 0 Å². The first-order valence-electron chi connectivity index (χ1n) is 6.21. The Labute approximate surface area is 121 Å². The predicted molar refractivity (Wildman–Crippen MR) is 79.8 cm³/mol. The van der Waals surface area contributed by atoms with Crippen LogP contribution in [0.25, 0.3) is 5.70 Å². The molecule has 0 saturated carbocycles. The third kappa shape index (κ3) is 2.53. The molecule has 2 aromatic rings. The Morgan fingerprint density at radius 3 is 2.65 bits per heavy atom. The molecule has 0 aliphatic carbocycles. The summed E-state index contributed by atoms with van der Waals surface area (Å²) >= 11 is 6.14. The zero-order valence-corrected chi connectivity index (χ0v) is 11.3. The summed E-state index contributed by atoms with van der Waals surface area (Å²) < 4.78 is 0. The lowest BCUT2D eigenvalue weighted by Gasteiger charge is -2.13. The van der Waals surface area contributed by atoms with E-state index in [1.807, 2.05) is 30.3 Å². The Morgan fingerprint density at radius 2 is 1.90 bits per heavy atom. The smallest absolute Gasteiger partial charge is 0.163 e. The molecular weight excluding hydrogens is 272 g/mol. The molecule has 1 aliphatic rings. The second kappa shape index (κ2) is 5.39. The van der Waals surface area contributed by atoms with Gasteiger partial charge < -0.3 is 0 Å². The summed E-state index contributed by atoms with van der Waals surface area (Å²) in [6.07, 6.45) is 5.07. The molecule has 0 N–H and O–H groups in total. The van der Waals surface area contributed by atoms with Crippen molar-refractivity contribution in [3.05, 3.63) is 71.0 Å². The molecule has 0 spiro atoms. The largest absolute Gasteiger partial charge is 0.294 e. The van der Waals surface area contributed by atoms with Gasteiger partial charge in [-0.1, -0.05) is 41.9 Å². The molecule has 3 nitrogen and oxygen atoms in total. The fraction of sp³-hybridized carbons (Fsp3) is 0.0625. The fourth-order valence-electron chi connectivity index (χ4n) is 2.09. The highest BCUT2D eigenvalue weighted by molar-refractivity contribution is 6.32. The number of aliphatic imine (C=N–C) groups is 1. The lowest BCUT2D eigenvalue weighted by atomic mass is 10.0. The van der Waals surface area contributed by atoms with Crippen molar-refractivity contribution in [1.82, 2.24) is 4.98 Å². The Hall–Kier alpha value is -2.26. The van der Waals surface area contributed by atoms with Gasteiger partial charge in [0, 0.05) is 24.0 Å². The summed E-state index contributed by atoms with van der Waals surface area (Å²) in [4.78, 5) is 20.5. The van der Waals surface area contributed by atoms with Crippen molar-refractivity contribution in [3.63, 3.8) is 0 Å². The number of aromatic nitrogens is 1. The maximum absolute atomic E-state index is 11.9. The molecule has 1 aromatic carbocycles. The van der Waals surface area contributed by atoms with Crippen LogP contribution in [0.4, 0.5) is 0 Å². The molecule has 0 amide bonds. The number of hydrogen-bond donors (Lipinski definition) is 0. The second-order valence-corrected chi connectivity index (χ2v) is 4.86. The van der Waals surface area contributed by atoms with Crippen molar-refractivity contribution < 1.29 is 4.79 Å². The molecule has 0 atom stereocenters. The quantitative estimate of drug-likeness (QED) is 0.845. The average Bonchev–Trinajstić information content (AvgIpc) is 2.48. The number of allylic oxidation sites excluding steroid dienone is 1. The monoisotopic (exact) mass is 282 g/mol. The average molecular weight is 283 g/mol. The summed E-state index contributed by atoms with van der Waals surface area (Å²) in [6, 6.07) is 11.4. The highest BCUT2D eigenvalue weighted by atomic mass is 35.5. The Bertz CT molecular complexity index is 720. The number of nitrogens with zero attached hydrogens (tertiary/aromatic N) is 2. The van der Waals surface area contributed by atoms with Crippen LogP contribution in [0.1, 0.15) is 17.5 Å². The van der Waals surface area contributed by atoms with Gasteiger partial charge in [0.05, 0.1) is 22.9 Å². The maximum atomic E-state index is 11.9. The van der Waals surface area contributed by atoms with Crippen LogP contribution in [0, 0.1) is 0 Å². The molecule has 1 aliphatic heterocycles. The molecule has 98 valence electrons. The summed E-state index contributed by atoms with van der Waals surface area (Å²) in [6.45, 7) is 0. The van der Waals surface area contributed by atoms with E-state index in [0.29, 0.717) is 22.7 Å². The Balaban J connectivity index is 2.06. The summed E-state index contributed by atoms with van der Waals surface area (Å²) in [5, 5.41) is 0.539. The first kappa shape index (κ1) is 12.8. The van der Waals surface area contributed by atoms with Gasteiger partial charge in [0.15, 0.2) is 5.78 Å². The predicted octanol–water partition coefficient (Wildman–Crippen LogP) is 3.54. The van der Waals surface area contributed by atoms with Gasteiger partial charge in [-0.05, 0) is 11.6 Å². The van der Waals surface area contributed by atoms with E-state index in [1.165, 1.54) is 6.08 Å². The molecule has 0 bridgehead atoms. The zero-order chi connectivity index (χ0) is 13.9. The van der Waals surface area contributed by atoms with Crippen molar-refractivity contribution in [3.8, 4) is 0 Å². The van der Waals surface area contributed by atoms with Gasteiger partial charge in [-0.25, -0.2) is 0 Å². The van der Waals surface area contributed by atoms with Gasteiger partial charge in [0.2, 0.25) is 0 Å². The van der Waals surface area contributed by atoms with E-state index in [2.05, 4.69) is 9.98 Å². The van der Waals surface area contributed by atoms with Gasteiger partial charge in [-0.3, -0.25) is 14.8 Å². The minimum absolute atomic E-state index is 0.0220. The first-order chi connectivity index (χ1) is 9.74. The van der Waals surface area contributed by atoms with Crippen LogP contribution in [0.5, 0.6) is 0 Å². The minimum atomic E-state index is 0.0220. The lowest BCUT2D eigenvalue weighted by molar-refractivity contribution is -0.113. The summed E-state index contributed by atoms with van der Waals surface area (Å²) in [7, 11) is 0. The van der Waals surface area contributed by atoms with E-state index in [0.717, 1.165) is 11.3 Å². The van der Waals surface area contributed by atoms with Gasteiger partial charge in [-0.2, -0.15) is 0 Å². The SMILES string of the molecule is O=C1C=C(c2cnccc2Cl)N=C(c2ccccc2)C1. The van der Waals surface area contributed by atoms with E-state index in [-0.39, 0.29) is 5.78 Å². The van der Waals surface area contributed by atoms with Gasteiger partial charge in [0.1, 0.15) is 0 Å². The van der Waals surface area contributed by atoms with Crippen LogP contribution in [0.2, 0.25) is 5.02 Å². The Kier molecular flexibility index (Phi) is 3.44. The van der Waals surface area contributed by atoms with Gasteiger partial charge in [0.25, 0.3) is 0 Å². The zero-order valence-electron chi connectivity index (χ0n) is 10.6. The number of ketones is 1. The maximum Gasteiger partial charge on any atom is 0.163 e. The normalized spacial score (nSPS) is 14.8. The second-order valence-electron chi connectivity index (χ2n) is 4.45. The molecule has 3 rings (SSSR count). The first-order valence-corrected chi connectivity index (χ1v) is 6.59. The number of carbonyl (C=O) groups excluding carboxylic acids is 1. The third-order valence-electron chi connectivity index (χ3n) is 3.05. The van der Waals surface area contributed by atoms with E-state index >= 15 is 0 Å². The van der Waals surface area contributed by atoms with E-state index in [9.17, 15) is 4.79 Å². The van der Waals surface area contributed by atoms with Crippen molar-refractivity contribution in [2.75, 3.05) is 0 Å².